The van der Waals surface area contributed by atoms with E-state index in [-0.39, 0.29) is 17.2 Å². The second kappa shape index (κ2) is 4.27. The Morgan fingerprint density at radius 3 is 2.81 bits per heavy atom. The van der Waals surface area contributed by atoms with E-state index in [1.165, 1.54) is 0 Å². The third-order valence-electron chi connectivity index (χ3n) is 4.26. The average molecular weight is 246 g/mol. The first-order chi connectivity index (χ1) is 7.56. The lowest BCUT2D eigenvalue weighted by atomic mass is 9.83. The summed E-state index contributed by atoms with van der Waals surface area (Å²) in [5.41, 5.74) is 5.97. The minimum Gasteiger partial charge on any atom is -0.330 e. The number of rotatable bonds is 4. The lowest BCUT2D eigenvalue weighted by Crippen LogP contribution is -2.43. The van der Waals surface area contributed by atoms with Gasteiger partial charge in [-0.05, 0) is 32.2 Å². The highest BCUT2D eigenvalue weighted by Crippen LogP contribution is 2.48. The van der Waals surface area contributed by atoms with Gasteiger partial charge in [0.1, 0.15) is 0 Å². The summed E-state index contributed by atoms with van der Waals surface area (Å²) in [6.07, 6.45) is 4.88. The van der Waals surface area contributed by atoms with E-state index in [9.17, 15) is 8.42 Å². The number of nitrogens with zero attached hydrogens (tertiary/aromatic N) is 1. The molecular weight excluding hydrogens is 224 g/mol. The molecule has 0 bridgehead atoms. The highest BCUT2D eigenvalue weighted by Gasteiger charge is 2.52. The molecule has 2 atom stereocenters. The summed E-state index contributed by atoms with van der Waals surface area (Å²) in [5, 5.41) is 0. The molecule has 1 heterocycles. The van der Waals surface area contributed by atoms with E-state index in [0.29, 0.717) is 19.5 Å². The van der Waals surface area contributed by atoms with Gasteiger partial charge in [0.25, 0.3) is 0 Å². The topological polar surface area (TPSA) is 63.4 Å². The van der Waals surface area contributed by atoms with Crippen molar-refractivity contribution in [2.75, 3.05) is 18.8 Å². The first kappa shape index (κ1) is 12.3. The Labute approximate surface area is 98.2 Å². The quantitative estimate of drug-likeness (QED) is 0.802. The van der Waals surface area contributed by atoms with Gasteiger partial charge in [0.15, 0.2) is 0 Å². The minimum atomic E-state index is -3.03. The number of hydrogen-bond acceptors (Lipinski definition) is 3. The summed E-state index contributed by atoms with van der Waals surface area (Å²) in [6, 6.07) is 0.189. The largest absolute Gasteiger partial charge is 0.330 e. The Hall–Kier alpha value is -0.130. The molecule has 0 radical (unpaired) electrons. The van der Waals surface area contributed by atoms with E-state index in [2.05, 4.69) is 0 Å². The molecule has 0 aromatic carbocycles. The molecule has 2 fully saturated rings. The van der Waals surface area contributed by atoms with Gasteiger partial charge in [0.05, 0.1) is 5.75 Å². The summed E-state index contributed by atoms with van der Waals surface area (Å²) in [7, 11) is -3.03. The predicted molar refractivity (Wildman–Crippen MR) is 64.5 cm³/mol. The first-order valence-corrected chi connectivity index (χ1v) is 7.86. The molecule has 5 heteroatoms. The van der Waals surface area contributed by atoms with E-state index < -0.39 is 10.0 Å². The molecule has 1 saturated carbocycles. The van der Waals surface area contributed by atoms with Crippen LogP contribution in [0.25, 0.3) is 0 Å². The lowest BCUT2D eigenvalue weighted by molar-refractivity contribution is 0.256. The van der Waals surface area contributed by atoms with Crippen molar-refractivity contribution in [1.82, 2.24) is 4.31 Å². The minimum absolute atomic E-state index is 0.0980. The summed E-state index contributed by atoms with van der Waals surface area (Å²) in [5.74, 6) is 0.282. The smallest absolute Gasteiger partial charge is 0.214 e. The van der Waals surface area contributed by atoms with Crippen LogP contribution >= 0.6 is 0 Å². The Morgan fingerprint density at radius 2 is 2.19 bits per heavy atom. The molecular formula is C11H22N2O2S. The van der Waals surface area contributed by atoms with Gasteiger partial charge >= 0.3 is 0 Å². The van der Waals surface area contributed by atoms with Gasteiger partial charge in [-0.2, -0.15) is 4.31 Å². The number of hydrogen-bond donors (Lipinski definition) is 1. The molecule has 1 saturated heterocycles. The molecule has 0 aromatic heterocycles. The summed E-state index contributed by atoms with van der Waals surface area (Å²) < 4.78 is 26.0. The van der Waals surface area contributed by atoms with Crippen molar-refractivity contribution in [2.45, 2.75) is 45.1 Å². The molecule has 0 spiro atoms. The molecule has 1 aliphatic carbocycles. The van der Waals surface area contributed by atoms with Crippen LogP contribution < -0.4 is 5.73 Å². The van der Waals surface area contributed by atoms with Crippen molar-refractivity contribution >= 4 is 10.0 Å². The Morgan fingerprint density at radius 1 is 1.44 bits per heavy atom. The van der Waals surface area contributed by atoms with E-state index in [1.807, 2.05) is 6.92 Å². The number of nitrogens with two attached hydrogens (primary N) is 1. The van der Waals surface area contributed by atoms with Crippen molar-refractivity contribution in [3.8, 4) is 0 Å². The SMILES string of the molecule is CCCS(=O)(=O)N1CC[C@@]2(CN)CCC[C@@H]12. The van der Waals surface area contributed by atoms with E-state index >= 15 is 0 Å². The fourth-order valence-corrected chi connectivity index (χ4v) is 5.23. The predicted octanol–water partition coefficient (Wildman–Crippen LogP) is 0.929. The van der Waals surface area contributed by atoms with Crippen LogP contribution in [0.15, 0.2) is 0 Å². The van der Waals surface area contributed by atoms with Crippen molar-refractivity contribution < 1.29 is 8.42 Å². The van der Waals surface area contributed by atoms with Crippen LogP contribution in [0, 0.1) is 5.41 Å². The van der Waals surface area contributed by atoms with Crippen LogP contribution in [0.3, 0.4) is 0 Å². The highest BCUT2D eigenvalue weighted by molar-refractivity contribution is 7.89. The zero-order chi connectivity index (χ0) is 11.8. The maximum absolute atomic E-state index is 12.1. The Balaban J connectivity index is 2.21. The zero-order valence-corrected chi connectivity index (χ0v) is 10.8. The van der Waals surface area contributed by atoms with Crippen LogP contribution in [0.2, 0.25) is 0 Å². The highest BCUT2D eigenvalue weighted by atomic mass is 32.2. The lowest BCUT2D eigenvalue weighted by Gasteiger charge is -2.30. The molecule has 94 valence electrons. The standard InChI is InChI=1S/C11H22N2O2S/c1-2-8-16(14,15)13-7-6-11(9-12)5-3-4-10(11)13/h10H,2-9,12H2,1H3/t10-,11-/m1/s1. The van der Waals surface area contributed by atoms with Crippen molar-refractivity contribution in [3.63, 3.8) is 0 Å². The molecule has 2 aliphatic rings. The van der Waals surface area contributed by atoms with Crippen LogP contribution in [-0.4, -0.2) is 37.6 Å². The fourth-order valence-electron chi connectivity index (χ4n) is 3.40. The van der Waals surface area contributed by atoms with Crippen LogP contribution in [0.4, 0.5) is 0 Å². The summed E-state index contributed by atoms with van der Waals surface area (Å²) >= 11 is 0. The fraction of sp³-hybridized carbons (Fsp3) is 1.00. The van der Waals surface area contributed by atoms with Gasteiger partial charge in [0.2, 0.25) is 10.0 Å². The number of fused-ring (bicyclic) bond motifs is 1. The first-order valence-electron chi connectivity index (χ1n) is 6.25. The molecule has 1 aliphatic heterocycles. The van der Waals surface area contributed by atoms with Crippen molar-refractivity contribution in [2.24, 2.45) is 11.1 Å². The maximum Gasteiger partial charge on any atom is 0.214 e. The third-order valence-corrected chi connectivity index (χ3v) is 6.34. The average Bonchev–Trinajstić information content (AvgIpc) is 2.74. The molecule has 2 rings (SSSR count). The van der Waals surface area contributed by atoms with E-state index in [1.54, 1.807) is 4.31 Å². The molecule has 0 aromatic rings. The van der Waals surface area contributed by atoms with Gasteiger partial charge in [-0.1, -0.05) is 13.3 Å². The molecule has 0 unspecified atom stereocenters. The van der Waals surface area contributed by atoms with Crippen LogP contribution in [0.5, 0.6) is 0 Å². The van der Waals surface area contributed by atoms with Gasteiger partial charge in [-0.15, -0.1) is 0 Å². The normalized spacial score (nSPS) is 35.5. The maximum atomic E-state index is 12.1. The summed E-state index contributed by atoms with van der Waals surface area (Å²) in [6.45, 7) is 3.23. The van der Waals surface area contributed by atoms with Gasteiger partial charge in [-0.3, -0.25) is 0 Å². The molecule has 4 nitrogen and oxygen atoms in total. The number of sulfonamides is 1. The second-order valence-corrected chi connectivity index (χ2v) is 7.19. The summed E-state index contributed by atoms with van der Waals surface area (Å²) in [4.78, 5) is 0. The van der Waals surface area contributed by atoms with Crippen molar-refractivity contribution in [3.05, 3.63) is 0 Å². The van der Waals surface area contributed by atoms with Crippen molar-refractivity contribution in [1.29, 1.82) is 0 Å². The molecule has 2 N–H and O–H groups in total. The Kier molecular flexibility index (Phi) is 3.29. The van der Waals surface area contributed by atoms with Gasteiger partial charge in [0, 0.05) is 18.0 Å². The van der Waals surface area contributed by atoms with Gasteiger partial charge < -0.3 is 5.73 Å². The van der Waals surface area contributed by atoms with E-state index in [0.717, 1.165) is 25.7 Å². The molecule has 16 heavy (non-hydrogen) atoms. The van der Waals surface area contributed by atoms with Crippen LogP contribution in [-0.2, 0) is 10.0 Å². The molecule has 0 amide bonds. The second-order valence-electron chi connectivity index (χ2n) is 5.15. The third kappa shape index (κ3) is 1.79. The van der Waals surface area contributed by atoms with E-state index in [4.69, 9.17) is 5.73 Å². The monoisotopic (exact) mass is 246 g/mol. The zero-order valence-electron chi connectivity index (χ0n) is 9.98. The Bertz CT molecular complexity index is 355. The van der Waals surface area contributed by atoms with Crippen LogP contribution in [0.1, 0.15) is 39.0 Å². The van der Waals surface area contributed by atoms with Gasteiger partial charge in [-0.25, -0.2) is 8.42 Å².